The third-order valence-electron chi connectivity index (χ3n) is 2.87. The van der Waals surface area contributed by atoms with Crippen molar-refractivity contribution in [2.75, 3.05) is 20.2 Å². The van der Waals surface area contributed by atoms with Gasteiger partial charge in [0.2, 0.25) is 0 Å². The van der Waals surface area contributed by atoms with E-state index in [4.69, 9.17) is 4.74 Å². The first-order chi connectivity index (χ1) is 7.13. The van der Waals surface area contributed by atoms with Gasteiger partial charge in [-0.3, -0.25) is 9.69 Å². The zero-order valence-electron chi connectivity index (χ0n) is 9.79. The summed E-state index contributed by atoms with van der Waals surface area (Å²) in [6.07, 6.45) is 4.95. The third-order valence-corrected chi connectivity index (χ3v) is 2.87. The van der Waals surface area contributed by atoms with Gasteiger partial charge in [-0.05, 0) is 19.8 Å². The van der Waals surface area contributed by atoms with Crippen LogP contribution in [0.3, 0.4) is 0 Å². The molecule has 1 saturated carbocycles. The van der Waals surface area contributed by atoms with E-state index in [1.807, 2.05) is 6.92 Å². The SMILES string of the molecule is C=C(C)CN(CC(=O)OC)C1CCCC1. The summed E-state index contributed by atoms with van der Waals surface area (Å²) in [5.74, 6) is -0.150. The highest BCUT2D eigenvalue weighted by Crippen LogP contribution is 2.23. The highest BCUT2D eigenvalue weighted by atomic mass is 16.5. The maximum atomic E-state index is 11.3. The zero-order chi connectivity index (χ0) is 11.3. The number of esters is 1. The van der Waals surface area contributed by atoms with E-state index in [1.54, 1.807) is 0 Å². The summed E-state index contributed by atoms with van der Waals surface area (Å²) >= 11 is 0. The fourth-order valence-corrected chi connectivity index (χ4v) is 2.16. The van der Waals surface area contributed by atoms with Crippen LogP contribution < -0.4 is 0 Å². The van der Waals surface area contributed by atoms with Gasteiger partial charge in [0.1, 0.15) is 0 Å². The molecule has 0 aromatic carbocycles. The summed E-state index contributed by atoms with van der Waals surface area (Å²) in [6, 6.07) is 0.542. The first kappa shape index (κ1) is 12.2. The molecular weight excluding hydrogens is 190 g/mol. The van der Waals surface area contributed by atoms with Crippen molar-refractivity contribution in [3.05, 3.63) is 12.2 Å². The molecule has 1 aliphatic carbocycles. The van der Waals surface area contributed by atoms with Crippen molar-refractivity contribution < 1.29 is 9.53 Å². The van der Waals surface area contributed by atoms with E-state index in [0.29, 0.717) is 12.6 Å². The van der Waals surface area contributed by atoms with Gasteiger partial charge in [-0.2, -0.15) is 0 Å². The first-order valence-corrected chi connectivity index (χ1v) is 5.58. The van der Waals surface area contributed by atoms with Crippen molar-refractivity contribution in [1.29, 1.82) is 0 Å². The van der Waals surface area contributed by atoms with Crippen LogP contribution in [0.5, 0.6) is 0 Å². The van der Waals surface area contributed by atoms with E-state index < -0.39 is 0 Å². The van der Waals surface area contributed by atoms with Gasteiger partial charge < -0.3 is 4.74 Å². The van der Waals surface area contributed by atoms with Crippen LogP contribution in [0.15, 0.2) is 12.2 Å². The predicted molar refractivity (Wildman–Crippen MR) is 60.7 cm³/mol. The molecule has 0 spiro atoms. The van der Waals surface area contributed by atoms with E-state index in [1.165, 1.54) is 32.8 Å². The van der Waals surface area contributed by atoms with Crippen LogP contribution in [0.4, 0.5) is 0 Å². The topological polar surface area (TPSA) is 29.5 Å². The number of methoxy groups -OCH3 is 1. The van der Waals surface area contributed by atoms with Crippen molar-refractivity contribution >= 4 is 5.97 Å². The van der Waals surface area contributed by atoms with Crippen molar-refractivity contribution in [3.8, 4) is 0 Å². The Hall–Kier alpha value is -0.830. The number of rotatable bonds is 5. The minimum Gasteiger partial charge on any atom is -0.468 e. The van der Waals surface area contributed by atoms with Gasteiger partial charge in [0.25, 0.3) is 0 Å². The molecule has 0 unspecified atom stereocenters. The van der Waals surface area contributed by atoms with Gasteiger partial charge in [0, 0.05) is 12.6 Å². The molecule has 0 heterocycles. The van der Waals surface area contributed by atoms with E-state index in [2.05, 4.69) is 11.5 Å². The van der Waals surface area contributed by atoms with Crippen molar-refractivity contribution in [1.82, 2.24) is 4.90 Å². The fourth-order valence-electron chi connectivity index (χ4n) is 2.16. The second-order valence-electron chi connectivity index (χ2n) is 4.38. The second-order valence-corrected chi connectivity index (χ2v) is 4.38. The number of carbonyl (C=O) groups excluding carboxylic acids is 1. The molecule has 0 aliphatic heterocycles. The van der Waals surface area contributed by atoms with Crippen molar-refractivity contribution in [3.63, 3.8) is 0 Å². The highest BCUT2D eigenvalue weighted by Gasteiger charge is 2.24. The molecule has 0 N–H and O–H groups in total. The molecule has 86 valence electrons. The van der Waals surface area contributed by atoms with Gasteiger partial charge in [-0.15, -0.1) is 0 Å². The van der Waals surface area contributed by atoms with Crippen LogP contribution in [0.1, 0.15) is 32.6 Å². The number of ether oxygens (including phenoxy) is 1. The van der Waals surface area contributed by atoms with E-state index in [9.17, 15) is 4.79 Å². The molecule has 0 bridgehead atoms. The number of nitrogens with zero attached hydrogens (tertiary/aromatic N) is 1. The summed E-state index contributed by atoms with van der Waals surface area (Å²) in [6.45, 7) is 7.11. The lowest BCUT2D eigenvalue weighted by Crippen LogP contribution is -2.39. The number of hydrogen-bond acceptors (Lipinski definition) is 3. The molecule has 15 heavy (non-hydrogen) atoms. The lowest BCUT2D eigenvalue weighted by Gasteiger charge is -2.27. The van der Waals surface area contributed by atoms with Gasteiger partial charge in [-0.25, -0.2) is 0 Å². The Bertz CT molecular complexity index is 232. The van der Waals surface area contributed by atoms with Gasteiger partial charge in [-0.1, -0.05) is 25.0 Å². The number of carbonyl (C=O) groups is 1. The summed E-state index contributed by atoms with van der Waals surface area (Å²) in [5.41, 5.74) is 1.10. The Balaban J connectivity index is 2.51. The second kappa shape index (κ2) is 5.91. The van der Waals surface area contributed by atoms with Crippen molar-refractivity contribution in [2.45, 2.75) is 38.6 Å². The molecule has 0 saturated heterocycles. The van der Waals surface area contributed by atoms with Crippen LogP contribution in [0.2, 0.25) is 0 Å². The minimum atomic E-state index is -0.150. The monoisotopic (exact) mass is 211 g/mol. The predicted octanol–water partition coefficient (Wildman–Crippen LogP) is 1.98. The Morgan fingerprint density at radius 3 is 2.47 bits per heavy atom. The molecule has 0 atom stereocenters. The first-order valence-electron chi connectivity index (χ1n) is 5.58. The Morgan fingerprint density at radius 1 is 1.40 bits per heavy atom. The summed E-state index contributed by atoms with van der Waals surface area (Å²) in [4.78, 5) is 13.5. The highest BCUT2D eigenvalue weighted by molar-refractivity contribution is 5.71. The molecule has 0 aromatic rings. The van der Waals surface area contributed by atoms with E-state index in [-0.39, 0.29) is 5.97 Å². The lowest BCUT2D eigenvalue weighted by molar-refractivity contribution is -0.142. The summed E-state index contributed by atoms with van der Waals surface area (Å²) in [5, 5.41) is 0. The average molecular weight is 211 g/mol. The molecule has 0 aromatic heterocycles. The molecule has 1 rings (SSSR count). The molecule has 3 nitrogen and oxygen atoms in total. The fraction of sp³-hybridized carbons (Fsp3) is 0.750. The van der Waals surface area contributed by atoms with Gasteiger partial charge >= 0.3 is 5.97 Å². The zero-order valence-corrected chi connectivity index (χ0v) is 9.79. The van der Waals surface area contributed by atoms with Crippen LogP contribution in [-0.2, 0) is 9.53 Å². The Labute approximate surface area is 92.1 Å². The largest absolute Gasteiger partial charge is 0.468 e. The Kier molecular flexibility index (Phi) is 4.82. The molecule has 1 aliphatic rings. The summed E-state index contributed by atoms with van der Waals surface area (Å²) < 4.78 is 4.71. The maximum absolute atomic E-state index is 11.3. The number of hydrogen-bond donors (Lipinski definition) is 0. The standard InChI is InChI=1S/C12H21NO2/c1-10(2)8-13(9-12(14)15-3)11-6-4-5-7-11/h11H,1,4-9H2,2-3H3. The Morgan fingerprint density at radius 2 is 2.00 bits per heavy atom. The summed E-state index contributed by atoms with van der Waals surface area (Å²) in [7, 11) is 1.44. The van der Waals surface area contributed by atoms with Crippen LogP contribution >= 0.6 is 0 Å². The molecule has 3 heteroatoms. The smallest absolute Gasteiger partial charge is 0.319 e. The van der Waals surface area contributed by atoms with E-state index in [0.717, 1.165) is 12.1 Å². The van der Waals surface area contributed by atoms with Crippen LogP contribution in [-0.4, -0.2) is 37.1 Å². The van der Waals surface area contributed by atoms with E-state index >= 15 is 0 Å². The molecule has 0 amide bonds. The molecular formula is C12H21NO2. The van der Waals surface area contributed by atoms with Gasteiger partial charge in [0.05, 0.1) is 13.7 Å². The normalized spacial score (nSPS) is 17.0. The minimum absolute atomic E-state index is 0.150. The third kappa shape index (κ3) is 4.04. The average Bonchev–Trinajstić information content (AvgIpc) is 2.68. The van der Waals surface area contributed by atoms with Gasteiger partial charge in [0.15, 0.2) is 0 Å². The molecule has 0 radical (unpaired) electrons. The van der Waals surface area contributed by atoms with Crippen molar-refractivity contribution in [2.24, 2.45) is 0 Å². The van der Waals surface area contributed by atoms with Crippen LogP contribution in [0, 0.1) is 0 Å². The van der Waals surface area contributed by atoms with Crippen LogP contribution in [0.25, 0.3) is 0 Å². The maximum Gasteiger partial charge on any atom is 0.319 e. The molecule has 1 fully saturated rings. The lowest BCUT2D eigenvalue weighted by atomic mass is 10.2. The quantitative estimate of drug-likeness (QED) is 0.514.